The first-order valence-electron chi connectivity index (χ1n) is 4.64. The third-order valence-corrected chi connectivity index (χ3v) is 2.12. The molecule has 5 nitrogen and oxygen atoms in total. The summed E-state index contributed by atoms with van der Waals surface area (Å²) in [4.78, 5) is 14.3. The van der Waals surface area contributed by atoms with E-state index in [1.807, 2.05) is 0 Å². The van der Waals surface area contributed by atoms with Gasteiger partial charge in [0.05, 0.1) is 7.11 Å². The molecular formula is C11H8FNO4. The number of rotatable bonds is 3. The molecule has 0 atom stereocenters. The van der Waals surface area contributed by atoms with Gasteiger partial charge in [-0.3, -0.25) is 0 Å². The summed E-state index contributed by atoms with van der Waals surface area (Å²) in [7, 11) is 1.35. The molecule has 0 aliphatic carbocycles. The molecule has 2 rings (SSSR count). The minimum absolute atomic E-state index is 0.0453. The van der Waals surface area contributed by atoms with Gasteiger partial charge in [-0.05, 0) is 18.2 Å². The average molecular weight is 237 g/mol. The number of benzene rings is 1. The van der Waals surface area contributed by atoms with Crippen molar-refractivity contribution in [1.82, 2.24) is 4.98 Å². The molecule has 0 aliphatic rings. The minimum atomic E-state index is -1.20. The molecule has 0 saturated carbocycles. The number of halogens is 1. The Labute approximate surface area is 95.5 Å². The number of carbonyl (C=O) groups is 1. The highest BCUT2D eigenvalue weighted by molar-refractivity contribution is 5.85. The van der Waals surface area contributed by atoms with E-state index in [0.717, 1.165) is 12.3 Å². The third-order valence-electron chi connectivity index (χ3n) is 2.12. The van der Waals surface area contributed by atoms with Gasteiger partial charge >= 0.3 is 5.97 Å². The van der Waals surface area contributed by atoms with Gasteiger partial charge in [-0.15, -0.1) is 0 Å². The van der Waals surface area contributed by atoms with E-state index in [2.05, 4.69) is 4.98 Å². The molecule has 1 heterocycles. The summed E-state index contributed by atoms with van der Waals surface area (Å²) < 4.78 is 23.1. The quantitative estimate of drug-likeness (QED) is 0.885. The average Bonchev–Trinajstić information content (AvgIpc) is 2.78. The van der Waals surface area contributed by atoms with Crippen molar-refractivity contribution in [2.75, 3.05) is 7.11 Å². The first-order chi connectivity index (χ1) is 8.11. The van der Waals surface area contributed by atoms with Crippen LogP contribution < -0.4 is 4.74 Å². The van der Waals surface area contributed by atoms with E-state index >= 15 is 0 Å². The van der Waals surface area contributed by atoms with Gasteiger partial charge in [-0.2, -0.15) is 0 Å². The normalized spacial score (nSPS) is 10.2. The number of aromatic nitrogens is 1. The third kappa shape index (κ3) is 2.10. The maximum atomic E-state index is 13.4. The van der Waals surface area contributed by atoms with Crippen LogP contribution in [0, 0.1) is 5.82 Å². The first kappa shape index (κ1) is 11.1. The molecule has 0 aliphatic heterocycles. The number of carboxylic acids is 1. The standard InChI is InChI=1S/C11H8FNO4/c1-16-9-3-2-6(4-7(9)12)10-13-8(5-17-10)11(14)15/h2-5H,1H3,(H,14,15). The van der Waals surface area contributed by atoms with Crippen LogP contribution in [0.15, 0.2) is 28.9 Å². The molecule has 1 aromatic heterocycles. The number of aromatic carboxylic acids is 1. The van der Waals surface area contributed by atoms with Gasteiger partial charge in [0.15, 0.2) is 17.3 Å². The lowest BCUT2D eigenvalue weighted by Crippen LogP contribution is -1.95. The highest BCUT2D eigenvalue weighted by atomic mass is 19.1. The van der Waals surface area contributed by atoms with Gasteiger partial charge in [-0.25, -0.2) is 14.2 Å². The molecule has 0 bridgehead atoms. The summed E-state index contributed by atoms with van der Waals surface area (Å²) in [6, 6.07) is 4.10. The molecule has 0 unspecified atom stereocenters. The van der Waals surface area contributed by atoms with Crippen molar-refractivity contribution in [2.45, 2.75) is 0 Å². The van der Waals surface area contributed by atoms with Crippen LogP contribution >= 0.6 is 0 Å². The Balaban J connectivity index is 2.39. The van der Waals surface area contributed by atoms with Crippen molar-refractivity contribution in [3.05, 3.63) is 36.0 Å². The van der Waals surface area contributed by atoms with Crippen LogP contribution in [0.3, 0.4) is 0 Å². The smallest absolute Gasteiger partial charge is 0.357 e. The molecule has 2 aromatic rings. The number of ether oxygens (including phenoxy) is 1. The molecule has 0 fully saturated rings. The van der Waals surface area contributed by atoms with Crippen molar-refractivity contribution in [3.8, 4) is 17.2 Å². The molecule has 6 heteroatoms. The van der Waals surface area contributed by atoms with Crippen LogP contribution in [0.5, 0.6) is 5.75 Å². The Kier molecular flexibility index (Phi) is 2.78. The lowest BCUT2D eigenvalue weighted by atomic mass is 10.2. The van der Waals surface area contributed by atoms with Crippen LogP contribution in [-0.4, -0.2) is 23.2 Å². The second-order valence-corrected chi connectivity index (χ2v) is 3.19. The summed E-state index contributed by atoms with van der Waals surface area (Å²) in [5.41, 5.74) is 0.118. The minimum Gasteiger partial charge on any atom is -0.494 e. The van der Waals surface area contributed by atoms with Crippen LogP contribution in [-0.2, 0) is 0 Å². The lowest BCUT2D eigenvalue weighted by Gasteiger charge is -2.02. The zero-order valence-corrected chi connectivity index (χ0v) is 8.81. The molecule has 17 heavy (non-hydrogen) atoms. The number of hydrogen-bond donors (Lipinski definition) is 1. The fourth-order valence-electron chi connectivity index (χ4n) is 1.30. The van der Waals surface area contributed by atoms with Gasteiger partial charge in [-0.1, -0.05) is 0 Å². The highest BCUT2D eigenvalue weighted by Crippen LogP contribution is 2.24. The summed E-state index contributed by atoms with van der Waals surface area (Å²) in [6.45, 7) is 0. The number of hydrogen-bond acceptors (Lipinski definition) is 4. The van der Waals surface area contributed by atoms with E-state index in [0.29, 0.717) is 5.56 Å². The molecule has 88 valence electrons. The number of nitrogens with zero attached hydrogens (tertiary/aromatic N) is 1. The van der Waals surface area contributed by atoms with Gasteiger partial charge < -0.3 is 14.3 Å². The molecule has 1 aromatic carbocycles. The fourth-order valence-corrected chi connectivity index (χ4v) is 1.30. The van der Waals surface area contributed by atoms with Gasteiger partial charge in [0, 0.05) is 5.56 Å². The van der Waals surface area contributed by atoms with Crippen LogP contribution in [0.25, 0.3) is 11.5 Å². The maximum Gasteiger partial charge on any atom is 0.357 e. The molecular weight excluding hydrogens is 229 g/mol. The van der Waals surface area contributed by atoms with Gasteiger partial charge in [0.1, 0.15) is 6.26 Å². The number of methoxy groups -OCH3 is 1. The summed E-state index contributed by atoms with van der Waals surface area (Å²) >= 11 is 0. The Morgan fingerprint density at radius 3 is 2.82 bits per heavy atom. The maximum absolute atomic E-state index is 13.4. The van der Waals surface area contributed by atoms with Crippen LogP contribution in [0.1, 0.15) is 10.5 Å². The van der Waals surface area contributed by atoms with E-state index < -0.39 is 11.8 Å². The molecule has 0 saturated heterocycles. The van der Waals surface area contributed by atoms with Crippen LogP contribution in [0.2, 0.25) is 0 Å². The Bertz CT molecular complexity index is 564. The summed E-state index contributed by atoms with van der Waals surface area (Å²) in [5, 5.41) is 8.67. The molecule has 0 amide bonds. The van der Waals surface area contributed by atoms with E-state index in [9.17, 15) is 9.18 Å². The predicted molar refractivity (Wildman–Crippen MR) is 55.4 cm³/mol. The second kappa shape index (κ2) is 4.25. The zero-order chi connectivity index (χ0) is 12.4. The molecule has 1 N–H and O–H groups in total. The highest BCUT2D eigenvalue weighted by Gasteiger charge is 2.13. The van der Waals surface area contributed by atoms with Crippen molar-refractivity contribution in [2.24, 2.45) is 0 Å². The second-order valence-electron chi connectivity index (χ2n) is 3.19. The van der Waals surface area contributed by atoms with Gasteiger partial charge in [0.2, 0.25) is 5.89 Å². The Morgan fingerprint density at radius 2 is 2.29 bits per heavy atom. The van der Waals surface area contributed by atoms with E-state index in [4.69, 9.17) is 14.3 Å². The van der Waals surface area contributed by atoms with Gasteiger partial charge in [0.25, 0.3) is 0 Å². The van der Waals surface area contributed by atoms with E-state index in [1.165, 1.54) is 19.2 Å². The number of carboxylic acid groups (broad SMARTS) is 1. The predicted octanol–water partition coefficient (Wildman–Crippen LogP) is 2.19. The lowest BCUT2D eigenvalue weighted by molar-refractivity contribution is 0.0690. The van der Waals surface area contributed by atoms with E-state index in [1.54, 1.807) is 0 Å². The van der Waals surface area contributed by atoms with Crippen molar-refractivity contribution in [1.29, 1.82) is 0 Å². The van der Waals surface area contributed by atoms with Crippen molar-refractivity contribution in [3.63, 3.8) is 0 Å². The van der Waals surface area contributed by atoms with E-state index in [-0.39, 0.29) is 17.3 Å². The molecule has 0 radical (unpaired) electrons. The molecule has 0 spiro atoms. The Morgan fingerprint density at radius 1 is 1.53 bits per heavy atom. The Hall–Kier alpha value is -2.37. The topological polar surface area (TPSA) is 72.6 Å². The van der Waals surface area contributed by atoms with Crippen molar-refractivity contribution >= 4 is 5.97 Å². The number of oxazole rings is 1. The zero-order valence-electron chi connectivity index (χ0n) is 8.81. The monoisotopic (exact) mass is 237 g/mol. The summed E-state index contributed by atoms with van der Waals surface area (Å²) in [6.07, 6.45) is 1.000. The van der Waals surface area contributed by atoms with Crippen molar-refractivity contribution < 1.29 is 23.4 Å². The van der Waals surface area contributed by atoms with Crippen LogP contribution in [0.4, 0.5) is 4.39 Å². The fraction of sp³-hybridized carbons (Fsp3) is 0.0909. The first-order valence-corrected chi connectivity index (χ1v) is 4.64. The SMILES string of the molecule is COc1ccc(-c2nc(C(=O)O)co2)cc1F. The summed E-state index contributed by atoms with van der Waals surface area (Å²) in [5.74, 6) is -1.63. The largest absolute Gasteiger partial charge is 0.494 e.